The second-order valence-corrected chi connectivity index (χ2v) is 7.77. The molecule has 160 valence electrons. The first kappa shape index (κ1) is 23.6. The van der Waals surface area contributed by atoms with Crippen molar-refractivity contribution in [2.24, 2.45) is 5.92 Å². The molecule has 10 heteroatoms. The lowest BCUT2D eigenvalue weighted by molar-refractivity contribution is -0.384. The van der Waals surface area contributed by atoms with Gasteiger partial charge in [-0.2, -0.15) is 0 Å². The summed E-state index contributed by atoms with van der Waals surface area (Å²) in [5.41, 5.74) is 0.503. The molecule has 2 rings (SSSR count). The van der Waals surface area contributed by atoms with Crippen molar-refractivity contribution < 1.29 is 19.6 Å². The first-order chi connectivity index (χ1) is 14.1. The van der Waals surface area contributed by atoms with Crippen molar-refractivity contribution in [2.45, 2.75) is 26.0 Å². The molecule has 2 aromatic carbocycles. The van der Waals surface area contributed by atoms with Gasteiger partial charge >= 0.3 is 0 Å². The number of nitrogens with one attached hydrogen (secondary N) is 2. The summed E-state index contributed by atoms with van der Waals surface area (Å²) in [5.74, 6) is -1.25. The number of nitro benzene ring substituents is 1. The molecule has 0 spiro atoms. The van der Waals surface area contributed by atoms with Gasteiger partial charge in [0.2, 0.25) is 5.91 Å². The van der Waals surface area contributed by atoms with Gasteiger partial charge in [0.1, 0.15) is 6.04 Å². The van der Waals surface area contributed by atoms with E-state index in [9.17, 15) is 24.8 Å². The number of benzene rings is 2. The molecule has 2 amide bonds. The summed E-state index contributed by atoms with van der Waals surface area (Å²) in [6.45, 7) is 3.40. The summed E-state index contributed by atoms with van der Waals surface area (Å²) in [7, 11) is 0. The van der Waals surface area contributed by atoms with Crippen LogP contribution in [0.3, 0.4) is 0 Å². The molecule has 2 atom stereocenters. The van der Waals surface area contributed by atoms with Crippen molar-refractivity contribution in [1.82, 2.24) is 10.6 Å². The molecule has 0 aliphatic carbocycles. The fourth-order valence-corrected chi connectivity index (χ4v) is 3.17. The molecule has 0 unspecified atom stereocenters. The summed E-state index contributed by atoms with van der Waals surface area (Å²) in [4.78, 5) is 35.3. The largest absolute Gasteiger partial charge is 0.387 e. The Balaban J connectivity index is 2.01. The lowest BCUT2D eigenvalue weighted by Crippen LogP contribution is -2.50. The zero-order chi connectivity index (χ0) is 22.4. The minimum atomic E-state index is -1.07. The smallest absolute Gasteiger partial charge is 0.269 e. The Morgan fingerprint density at radius 3 is 2.30 bits per heavy atom. The van der Waals surface area contributed by atoms with Crippen LogP contribution in [-0.2, 0) is 4.79 Å². The Hall–Kier alpha value is -2.68. The van der Waals surface area contributed by atoms with E-state index in [2.05, 4.69) is 10.6 Å². The fraction of sp³-hybridized carbons (Fsp3) is 0.300. The van der Waals surface area contributed by atoms with E-state index in [0.29, 0.717) is 10.6 Å². The van der Waals surface area contributed by atoms with E-state index in [1.165, 1.54) is 42.5 Å². The standard InChI is InChI=1S/C20H21Cl2N3O5/c1-11(2)18(24-19(27)15-8-5-13(21)9-16(15)22)20(28)23-10-17(26)12-3-6-14(7-4-12)25(29)30/h3-9,11,17-18,26H,10H2,1-2H3,(H,23,28)(H,24,27)/t17-,18-/m0/s1. The Morgan fingerprint density at radius 2 is 1.77 bits per heavy atom. The predicted octanol–water partition coefficient (Wildman–Crippen LogP) is 3.51. The topological polar surface area (TPSA) is 122 Å². The number of hydrogen-bond donors (Lipinski definition) is 3. The molecule has 0 bridgehead atoms. The Labute approximate surface area is 183 Å². The Kier molecular flexibility index (Phi) is 8.16. The van der Waals surface area contributed by atoms with Crippen molar-refractivity contribution in [1.29, 1.82) is 0 Å². The van der Waals surface area contributed by atoms with E-state index in [1.54, 1.807) is 13.8 Å². The van der Waals surface area contributed by atoms with Crippen LogP contribution in [0.15, 0.2) is 42.5 Å². The van der Waals surface area contributed by atoms with Gasteiger partial charge in [0, 0.05) is 23.7 Å². The molecule has 0 aromatic heterocycles. The molecule has 0 saturated heterocycles. The molecular formula is C20H21Cl2N3O5. The van der Waals surface area contributed by atoms with Crippen LogP contribution < -0.4 is 10.6 Å². The highest BCUT2D eigenvalue weighted by Crippen LogP contribution is 2.21. The minimum absolute atomic E-state index is 0.0987. The number of non-ortho nitro benzene ring substituents is 1. The van der Waals surface area contributed by atoms with Crippen molar-refractivity contribution in [2.75, 3.05) is 6.54 Å². The average Bonchev–Trinajstić information content (AvgIpc) is 2.69. The van der Waals surface area contributed by atoms with E-state index in [0.717, 1.165) is 0 Å². The highest BCUT2D eigenvalue weighted by atomic mass is 35.5. The van der Waals surface area contributed by atoms with Crippen LogP contribution in [0.5, 0.6) is 0 Å². The van der Waals surface area contributed by atoms with E-state index in [1.807, 2.05) is 0 Å². The van der Waals surface area contributed by atoms with Crippen molar-refractivity contribution in [3.8, 4) is 0 Å². The number of carbonyl (C=O) groups excluding carboxylic acids is 2. The zero-order valence-electron chi connectivity index (χ0n) is 16.3. The number of aliphatic hydroxyl groups excluding tert-OH is 1. The van der Waals surface area contributed by atoms with Crippen LogP contribution in [0.2, 0.25) is 10.0 Å². The van der Waals surface area contributed by atoms with Gasteiger partial charge < -0.3 is 15.7 Å². The third-order valence-electron chi connectivity index (χ3n) is 4.37. The van der Waals surface area contributed by atoms with E-state index >= 15 is 0 Å². The molecule has 8 nitrogen and oxygen atoms in total. The van der Waals surface area contributed by atoms with Gasteiger partial charge in [-0.1, -0.05) is 37.0 Å². The number of aliphatic hydroxyl groups is 1. The lowest BCUT2D eigenvalue weighted by atomic mass is 10.0. The van der Waals surface area contributed by atoms with Crippen LogP contribution in [-0.4, -0.2) is 34.4 Å². The first-order valence-electron chi connectivity index (χ1n) is 9.06. The number of carbonyl (C=O) groups is 2. The van der Waals surface area contributed by atoms with Crippen LogP contribution in [0, 0.1) is 16.0 Å². The van der Waals surface area contributed by atoms with Crippen LogP contribution in [0.25, 0.3) is 0 Å². The summed E-state index contributed by atoms with van der Waals surface area (Å²) in [6.07, 6.45) is -1.07. The van der Waals surface area contributed by atoms with Gasteiger partial charge in [-0.3, -0.25) is 19.7 Å². The normalized spacial score (nSPS) is 12.9. The summed E-state index contributed by atoms with van der Waals surface area (Å²) < 4.78 is 0. The monoisotopic (exact) mass is 453 g/mol. The third kappa shape index (κ3) is 6.16. The van der Waals surface area contributed by atoms with E-state index in [-0.39, 0.29) is 28.7 Å². The maximum absolute atomic E-state index is 12.6. The molecule has 0 saturated carbocycles. The molecule has 0 radical (unpaired) electrons. The molecule has 0 aliphatic rings. The maximum atomic E-state index is 12.6. The SMILES string of the molecule is CC(C)[C@H](NC(=O)c1ccc(Cl)cc1Cl)C(=O)NC[C@H](O)c1ccc([N+](=O)[O-])cc1. The number of hydrogen-bond acceptors (Lipinski definition) is 5. The first-order valence-corrected chi connectivity index (χ1v) is 9.81. The third-order valence-corrected chi connectivity index (χ3v) is 4.92. The van der Waals surface area contributed by atoms with Crippen molar-refractivity contribution in [3.63, 3.8) is 0 Å². The van der Waals surface area contributed by atoms with Crippen molar-refractivity contribution in [3.05, 3.63) is 73.8 Å². The Morgan fingerprint density at radius 1 is 1.13 bits per heavy atom. The van der Waals surface area contributed by atoms with Gasteiger partial charge in [-0.25, -0.2) is 0 Å². The highest BCUT2D eigenvalue weighted by Gasteiger charge is 2.26. The van der Waals surface area contributed by atoms with Gasteiger partial charge in [0.25, 0.3) is 11.6 Å². The van der Waals surface area contributed by atoms with E-state index < -0.39 is 28.9 Å². The number of halogens is 2. The number of rotatable bonds is 8. The van der Waals surface area contributed by atoms with Crippen molar-refractivity contribution >= 4 is 40.7 Å². The average molecular weight is 454 g/mol. The fourth-order valence-electron chi connectivity index (χ4n) is 2.67. The number of nitrogens with zero attached hydrogens (tertiary/aromatic N) is 1. The lowest BCUT2D eigenvalue weighted by Gasteiger charge is -2.23. The maximum Gasteiger partial charge on any atom is 0.269 e. The number of nitro groups is 1. The highest BCUT2D eigenvalue weighted by molar-refractivity contribution is 6.36. The molecule has 0 aliphatic heterocycles. The van der Waals surface area contributed by atoms with Gasteiger partial charge in [-0.05, 0) is 41.8 Å². The van der Waals surface area contributed by atoms with Crippen LogP contribution >= 0.6 is 23.2 Å². The van der Waals surface area contributed by atoms with Gasteiger partial charge in [0.05, 0.1) is 21.6 Å². The second kappa shape index (κ2) is 10.4. The van der Waals surface area contributed by atoms with E-state index in [4.69, 9.17) is 23.2 Å². The zero-order valence-corrected chi connectivity index (χ0v) is 17.8. The van der Waals surface area contributed by atoms with Crippen LogP contribution in [0.4, 0.5) is 5.69 Å². The molecule has 0 fully saturated rings. The molecule has 3 N–H and O–H groups in total. The van der Waals surface area contributed by atoms with Gasteiger partial charge in [0.15, 0.2) is 0 Å². The summed E-state index contributed by atoms with van der Waals surface area (Å²) in [6, 6.07) is 8.93. The number of amides is 2. The minimum Gasteiger partial charge on any atom is -0.387 e. The van der Waals surface area contributed by atoms with Crippen LogP contribution in [0.1, 0.15) is 35.9 Å². The predicted molar refractivity (Wildman–Crippen MR) is 114 cm³/mol. The second-order valence-electron chi connectivity index (χ2n) is 6.93. The summed E-state index contributed by atoms with van der Waals surface area (Å²) >= 11 is 11.9. The molecule has 0 heterocycles. The summed E-state index contributed by atoms with van der Waals surface area (Å²) in [5, 5.41) is 26.7. The molecular weight excluding hydrogens is 433 g/mol. The molecule has 2 aromatic rings. The quantitative estimate of drug-likeness (QED) is 0.416. The Bertz CT molecular complexity index is 935. The molecule has 30 heavy (non-hydrogen) atoms. The van der Waals surface area contributed by atoms with Gasteiger partial charge in [-0.15, -0.1) is 0 Å².